The van der Waals surface area contributed by atoms with Gasteiger partial charge in [0.05, 0.1) is 12.2 Å². The largest absolute Gasteiger partial charge is 0.398 e. The summed E-state index contributed by atoms with van der Waals surface area (Å²) in [6, 6.07) is 13.6. The quantitative estimate of drug-likeness (QED) is 0.763. The van der Waals surface area contributed by atoms with Gasteiger partial charge < -0.3 is 10.0 Å². The first-order valence-electron chi connectivity index (χ1n) is 11.0. The average molecular weight is 456 g/mol. The van der Waals surface area contributed by atoms with Crippen LogP contribution in [0.4, 0.5) is 19.0 Å². The SMILES string of the molecule is O=C1CC2=C(C(C3CCN(c4ccc(-c5ccccc5)nn4)CC3)=NC2)[C@@H](C(F)(F)F)[C@H]1O. The Morgan fingerprint density at radius 2 is 1.73 bits per heavy atom. The smallest absolute Gasteiger partial charge is 0.384 e. The molecule has 1 aliphatic carbocycles. The van der Waals surface area contributed by atoms with E-state index in [0.29, 0.717) is 37.2 Å². The number of aromatic nitrogens is 2. The van der Waals surface area contributed by atoms with Crippen LogP contribution in [0.3, 0.4) is 0 Å². The third-order valence-electron chi connectivity index (χ3n) is 6.72. The number of aliphatic hydroxyl groups excluding tert-OH is 1. The molecule has 2 aliphatic heterocycles. The maximum Gasteiger partial charge on any atom is 0.398 e. The van der Waals surface area contributed by atoms with Crippen molar-refractivity contribution < 1.29 is 23.1 Å². The first kappa shape index (κ1) is 21.8. The fourth-order valence-electron chi connectivity index (χ4n) is 5.05. The van der Waals surface area contributed by atoms with Crippen LogP contribution in [0.1, 0.15) is 19.3 Å². The molecule has 1 saturated heterocycles. The number of alkyl halides is 3. The Hall–Kier alpha value is -3.07. The van der Waals surface area contributed by atoms with Gasteiger partial charge in [-0.05, 0) is 36.1 Å². The number of benzene rings is 1. The number of anilines is 1. The minimum absolute atomic E-state index is 0.0556. The fraction of sp³-hybridized carbons (Fsp3) is 0.417. The van der Waals surface area contributed by atoms with Gasteiger partial charge in [0, 0.05) is 36.7 Å². The molecule has 1 fully saturated rings. The molecule has 1 aromatic heterocycles. The molecule has 0 amide bonds. The minimum atomic E-state index is -4.70. The lowest BCUT2D eigenvalue weighted by atomic mass is 9.74. The van der Waals surface area contributed by atoms with Crippen LogP contribution >= 0.6 is 0 Å². The molecule has 3 heterocycles. The van der Waals surface area contributed by atoms with Crippen molar-refractivity contribution in [3.05, 3.63) is 53.6 Å². The highest BCUT2D eigenvalue weighted by molar-refractivity contribution is 6.08. The predicted octanol–water partition coefficient (Wildman–Crippen LogP) is 3.62. The van der Waals surface area contributed by atoms with E-state index in [-0.39, 0.29) is 24.5 Å². The van der Waals surface area contributed by atoms with Crippen LogP contribution in [0, 0.1) is 11.8 Å². The zero-order valence-corrected chi connectivity index (χ0v) is 17.8. The van der Waals surface area contributed by atoms with Crippen molar-refractivity contribution in [1.29, 1.82) is 0 Å². The summed E-state index contributed by atoms with van der Waals surface area (Å²) in [5.41, 5.74) is 2.64. The van der Waals surface area contributed by atoms with Crippen molar-refractivity contribution >= 4 is 17.3 Å². The third kappa shape index (κ3) is 4.06. The van der Waals surface area contributed by atoms with Crippen LogP contribution in [-0.4, -0.2) is 58.7 Å². The van der Waals surface area contributed by atoms with Crippen LogP contribution in [-0.2, 0) is 4.79 Å². The van der Waals surface area contributed by atoms with Gasteiger partial charge >= 0.3 is 6.18 Å². The Morgan fingerprint density at radius 3 is 2.36 bits per heavy atom. The van der Waals surface area contributed by atoms with E-state index >= 15 is 0 Å². The molecule has 6 nitrogen and oxygen atoms in total. The van der Waals surface area contributed by atoms with E-state index < -0.39 is 24.0 Å². The molecule has 0 spiro atoms. The zero-order valence-electron chi connectivity index (χ0n) is 17.8. The van der Waals surface area contributed by atoms with Gasteiger partial charge in [0.2, 0.25) is 0 Å². The molecule has 172 valence electrons. The lowest BCUT2D eigenvalue weighted by Gasteiger charge is -2.36. The molecule has 1 N–H and O–H groups in total. The number of piperidine rings is 1. The molecule has 2 atom stereocenters. The molecule has 33 heavy (non-hydrogen) atoms. The van der Waals surface area contributed by atoms with Gasteiger partial charge in [-0.15, -0.1) is 10.2 Å². The number of nitrogens with zero attached hydrogens (tertiary/aromatic N) is 4. The van der Waals surface area contributed by atoms with Crippen LogP contribution in [0.2, 0.25) is 0 Å². The number of aliphatic imine (C=N–C) groups is 1. The molecule has 0 bridgehead atoms. The van der Waals surface area contributed by atoms with E-state index in [9.17, 15) is 23.1 Å². The van der Waals surface area contributed by atoms with Crippen molar-refractivity contribution in [2.45, 2.75) is 31.5 Å². The number of ketones is 1. The Kier molecular flexibility index (Phi) is 5.52. The summed E-state index contributed by atoms with van der Waals surface area (Å²) >= 11 is 0. The molecule has 0 unspecified atom stereocenters. The molecular formula is C24H23F3N4O2. The minimum Gasteiger partial charge on any atom is -0.384 e. The predicted molar refractivity (Wildman–Crippen MR) is 117 cm³/mol. The summed E-state index contributed by atoms with van der Waals surface area (Å²) in [7, 11) is 0. The Bertz CT molecular complexity index is 1100. The Morgan fingerprint density at radius 1 is 1.00 bits per heavy atom. The number of aliphatic hydroxyl groups is 1. The number of carbonyl (C=O) groups excluding carboxylic acids is 1. The van der Waals surface area contributed by atoms with Gasteiger partial charge in [-0.25, -0.2) is 0 Å². The van der Waals surface area contributed by atoms with E-state index in [0.717, 1.165) is 17.1 Å². The molecule has 0 radical (unpaired) electrons. The van der Waals surface area contributed by atoms with Crippen molar-refractivity contribution in [3.63, 3.8) is 0 Å². The van der Waals surface area contributed by atoms with E-state index in [1.54, 1.807) is 0 Å². The normalized spacial score (nSPS) is 24.2. The van der Waals surface area contributed by atoms with Gasteiger partial charge in [-0.2, -0.15) is 13.2 Å². The summed E-state index contributed by atoms with van der Waals surface area (Å²) in [6.45, 7) is 1.34. The summed E-state index contributed by atoms with van der Waals surface area (Å²) in [5, 5.41) is 18.7. The highest BCUT2D eigenvalue weighted by atomic mass is 19.4. The van der Waals surface area contributed by atoms with Gasteiger partial charge in [0.1, 0.15) is 12.0 Å². The van der Waals surface area contributed by atoms with E-state index in [2.05, 4.69) is 20.1 Å². The maximum atomic E-state index is 13.8. The summed E-state index contributed by atoms with van der Waals surface area (Å²) in [6.07, 6.45) is -5.67. The monoisotopic (exact) mass is 456 g/mol. The molecule has 2 aromatic rings. The standard InChI is InChI=1S/C24H23F3N4O2/c25-24(26,27)21-20-16(12-18(32)23(21)33)13-28-22(20)15-8-10-31(11-9-15)19-7-6-17(29-30-19)14-4-2-1-3-5-14/h1-7,15,21,23,33H,8-13H2/t21-,23+/m1/s1. The average Bonchev–Trinajstić information content (AvgIpc) is 3.22. The van der Waals surface area contributed by atoms with E-state index in [1.807, 2.05) is 42.5 Å². The number of hydrogen-bond donors (Lipinski definition) is 1. The number of halogens is 3. The lowest BCUT2D eigenvalue weighted by molar-refractivity contribution is -0.190. The van der Waals surface area contributed by atoms with Gasteiger partial charge in [-0.3, -0.25) is 9.79 Å². The topological polar surface area (TPSA) is 78.7 Å². The summed E-state index contributed by atoms with van der Waals surface area (Å²) in [4.78, 5) is 18.4. The second-order valence-electron chi connectivity index (χ2n) is 8.73. The van der Waals surface area contributed by atoms with Crippen molar-refractivity contribution in [3.8, 4) is 11.3 Å². The summed E-state index contributed by atoms with van der Waals surface area (Å²) < 4.78 is 41.3. The Labute approximate surface area is 188 Å². The van der Waals surface area contributed by atoms with E-state index in [4.69, 9.17) is 0 Å². The molecule has 0 saturated carbocycles. The van der Waals surface area contributed by atoms with Crippen molar-refractivity contribution in [2.75, 3.05) is 24.5 Å². The number of carbonyl (C=O) groups is 1. The van der Waals surface area contributed by atoms with Crippen molar-refractivity contribution in [1.82, 2.24) is 10.2 Å². The fourth-order valence-corrected chi connectivity index (χ4v) is 5.05. The second-order valence-corrected chi connectivity index (χ2v) is 8.73. The second kappa shape index (κ2) is 8.37. The lowest BCUT2D eigenvalue weighted by Crippen LogP contribution is -2.46. The van der Waals surface area contributed by atoms with Crippen molar-refractivity contribution in [2.24, 2.45) is 16.8 Å². The van der Waals surface area contributed by atoms with Gasteiger partial charge in [0.15, 0.2) is 11.6 Å². The third-order valence-corrected chi connectivity index (χ3v) is 6.72. The van der Waals surface area contributed by atoms with Crippen LogP contribution < -0.4 is 4.90 Å². The van der Waals surface area contributed by atoms with Crippen LogP contribution in [0.15, 0.2) is 58.6 Å². The molecule has 5 rings (SSSR count). The summed E-state index contributed by atoms with van der Waals surface area (Å²) in [5.74, 6) is -2.37. The number of Topliss-reactive ketones (excluding diaryl/α,β-unsaturated/α-hetero) is 1. The number of hydrogen-bond acceptors (Lipinski definition) is 6. The van der Waals surface area contributed by atoms with Gasteiger partial charge in [-0.1, -0.05) is 30.3 Å². The maximum absolute atomic E-state index is 13.8. The molecule has 3 aliphatic rings. The highest BCUT2D eigenvalue weighted by Crippen LogP contribution is 2.45. The Balaban J connectivity index is 1.29. The molecular weight excluding hydrogens is 433 g/mol. The molecule has 9 heteroatoms. The first-order chi connectivity index (χ1) is 15.8. The zero-order chi connectivity index (χ0) is 23.2. The van der Waals surface area contributed by atoms with Crippen LogP contribution in [0.25, 0.3) is 11.3 Å². The first-order valence-corrected chi connectivity index (χ1v) is 11.0. The highest BCUT2D eigenvalue weighted by Gasteiger charge is 2.54. The molecule has 1 aromatic carbocycles. The van der Waals surface area contributed by atoms with Crippen LogP contribution in [0.5, 0.6) is 0 Å². The van der Waals surface area contributed by atoms with Gasteiger partial charge in [0.25, 0.3) is 0 Å². The van der Waals surface area contributed by atoms with E-state index in [1.165, 1.54) is 0 Å². The number of rotatable bonds is 3.